The first kappa shape index (κ1) is 16.0. The van der Waals surface area contributed by atoms with E-state index in [1.165, 1.54) is 5.56 Å². The number of rotatable bonds is 5. The summed E-state index contributed by atoms with van der Waals surface area (Å²) in [6.07, 6.45) is 5.79. The van der Waals surface area contributed by atoms with Crippen molar-refractivity contribution < 1.29 is 0 Å². The molecule has 1 aromatic carbocycles. The molecule has 2 heterocycles. The number of benzene rings is 1. The summed E-state index contributed by atoms with van der Waals surface area (Å²) in [6.45, 7) is 6.00. The summed E-state index contributed by atoms with van der Waals surface area (Å²) in [7, 11) is 1.94. The van der Waals surface area contributed by atoms with Gasteiger partial charge in [-0.25, -0.2) is 0 Å². The van der Waals surface area contributed by atoms with E-state index in [1.807, 2.05) is 42.3 Å². The highest BCUT2D eigenvalue weighted by atomic mass is 35.5. The first-order valence-electron chi connectivity index (χ1n) is 7.78. The van der Waals surface area contributed by atoms with Crippen molar-refractivity contribution in [2.45, 2.75) is 33.0 Å². The second kappa shape index (κ2) is 6.69. The predicted molar refractivity (Wildman–Crippen MR) is 94.3 cm³/mol. The van der Waals surface area contributed by atoms with Gasteiger partial charge in [0.2, 0.25) is 0 Å². The molecule has 2 aromatic heterocycles. The van der Waals surface area contributed by atoms with E-state index in [4.69, 9.17) is 11.6 Å². The minimum Gasteiger partial charge on any atom is -0.292 e. The van der Waals surface area contributed by atoms with Crippen molar-refractivity contribution in [1.82, 2.24) is 19.7 Å². The van der Waals surface area contributed by atoms with E-state index in [-0.39, 0.29) is 0 Å². The smallest absolute Gasteiger partial charge is 0.0761 e. The second-order valence-electron chi connectivity index (χ2n) is 6.12. The number of hydrogen-bond acceptors (Lipinski definition) is 3. The maximum absolute atomic E-state index is 6.48. The van der Waals surface area contributed by atoms with E-state index < -0.39 is 0 Å². The molecule has 3 aromatic rings. The van der Waals surface area contributed by atoms with Gasteiger partial charge in [0.1, 0.15) is 0 Å². The molecule has 0 radical (unpaired) electrons. The van der Waals surface area contributed by atoms with Gasteiger partial charge in [0.05, 0.1) is 11.7 Å². The minimum absolute atomic E-state index is 0.394. The molecule has 0 aliphatic rings. The van der Waals surface area contributed by atoms with Crippen molar-refractivity contribution in [3.05, 3.63) is 59.0 Å². The molecule has 5 heteroatoms. The molecule has 4 nitrogen and oxygen atoms in total. The van der Waals surface area contributed by atoms with Gasteiger partial charge in [-0.1, -0.05) is 23.7 Å². The quantitative estimate of drug-likeness (QED) is 0.709. The van der Waals surface area contributed by atoms with Gasteiger partial charge in [0.15, 0.2) is 0 Å². The minimum atomic E-state index is 0.394. The average molecular weight is 329 g/mol. The number of aryl methyl sites for hydroxylation is 1. The maximum atomic E-state index is 6.48. The van der Waals surface area contributed by atoms with Crippen molar-refractivity contribution in [2.75, 3.05) is 0 Å². The first-order chi connectivity index (χ1) is 11.0. The lowest BCUT2D eigenvalue weighted by atomic mass is 10.1. The summed E-state index contributed by atoms with van der Waals surface area (Å²) in [4.78, 5) is 6.92. The molecule has 0 saturated heterocycles. The molecule has 0 amide bonds. The van der Waals surface area contributed by atoms with Crippen LogP contribution < -0.4 is 0 Å². The van der Waals surface area contributed by atoms with E-state index in [9.17, 15) is 0 Å². The van der Waals surface area contributed by atoms with Crippen molar-refractivity contribution >= 4 is 22.5 Å². The molecule has 0 bridgehead atoms. The number of pyridine rings is 1. The van der Waals surface area contributed by atoms with Gasteiger partial charge in [-0.05, 0) is 26.0 Å². The SMILES string of the molecule is CC(C)N(Cc1cnn(C)c1)Cc1c(Cl)ccc2cccnc12. The summed E-state index contributed by atoms with van der Waals surface area (Å²) in [6, 6.07) is 8.40. The summed E-state index contributed by atoms with van der Waals surface area (Å²) < 4.78 is 1.83. The number of halogens is 1. The van der Waals surface area contributed by atoms with Crippen LogP contribution in [0.2, 0.25) is 5.02 Å². The fourth-order valence-corrected chi connectivity index (χ4v) is 2.96. The first-order valence-corrected chi connectivity index (χ1v) is 8.16. The van der Waals surface area contributed by atoms with Gasteiger partial charge in [-0.3, -0.25) is 14.6 Å². The van der Waals surface area contributed by atoms with Gasteiger partial charge in [-0.15, -0.1) is 0 Å². The monoisotopic (exact) mass is 328 g/mol. The normalized spacial score (nSPS) is 11.7. The fraction of sp³-hybridized carbons (Fsp3) is 0.333. The molecule has 0 spiro atoms. The van der Waals surface area contributed by atoms with Crippen molar-refractivity contribution in [3.8, 4) is 0 Å². The summed E-state index contributed by atoms with van der Waals surface area (Å²) in [5, 5.41) is 6.15. The lowest BCUT2D eigenvalue weighted by molar-refractivity contribution is 0.204. The molecule has 0 unspecified atom stereocenters. The number of nitrogens with zero attached hydrogens (tertiary/aromatic N) is 4. The molecule has 23 heavy (non-hydrogen) atoms. The Morgan fingerprint density at radius 3 is 2.74 bits per heavy atom. The molecule has 0 atom stereocenters. The lowest BCUT2D eigenvalue weighted by Crippen LogP contribution is -2.30. The molecule has 0 fully saturated rings. The van der Waals surface area contributed by atoms with E-state index in [0.717, 1.165) is 34.6 Å². The van der Waals surface area contributed by atoms with Crippen molar-refractivity contribution in [1.29, 1.82) is 0 Å². The Morgan fingerprint density at radius 2 is 2.04 bits per heavy atom. The Bertz CT molecular complexity index is 810. The molecule has 0 saturated carbocycles. The number of hydrogen-bond donors (Lipinski definition) is 0. The Labute approximate surface area is 141 Å². The Hall–Kier alpha value is -1.91. The highest BCUT2D eigenvalue weighted by Gasteiger charge is 2.16. The van der Waals surface area contributed by atoms with Gasteiger partial charge >= 0.3 is 0 Å². The zero-order chi connectivity index (χ0) is 16.4. The zero-order valence-corrected chi connectivity index (χ0v) is 14.5. The maximum Gasteiger partial charge on any atom is 0.0761 e. The Morgan fingerprint density at radius 1 is 1.22 bits per heavy atom. The zero-order valence-electron chi connectivity index (χ0n) is 13.7. The van der Waals surface area contributed by atoms with Crippen molar-refractivity contribution in [3.63, 3.8) is 0 Å². The molecular weight excluding hydrogens is 308 g/mol. The van der Waals surface area contributed by atoms with Crippen LogP contribution in [0.15, 0.2) is 42.9 Å². The summed E-state index contributed by atoms with van der Waals surface area (Å²) in [5.74, 6) is 0. The third-order valence-electron chi connectivity index (χ3n) is 4.06. The van der Waals surface area contributed by atoms with Crippen LogP contribution in [0.1, 0.15) is 25.0 Å². The third-order valence-corrected chi connectivity index (χ3v) is 4.41. The standard InChI is InChI=1S/C18H21ClN4/c1-13(2)23(11-14-9-21-22(3)10-14)12-16-17(19)7-6-15-5-4-8-20-18(15)16/h4-10,13H,11-12H2,1-3H3. The van der Waals surface area contributed by atoms with Crippen LogP contribution in [0.25, 0.3) is 10.9 Å². The summed E-state index contributed by atoms with van der Waals surface area (Å²) >= 11 is 6.48. The second-order valence-corrected chi connectivity index (χ2v) is 6.53. The Balaban J connectivity index is 1.92. The highest BCUT2D eigenvalue weighted by molar-refractivity contribution is 6.32. The Kier molecular flexibility index (Phi) is 4.64. The van der Waals surface area contributed by atoms with E-state index in [1.54, 1.807) is 0 Å². The van der Waals surface area contributed by atoms with Gasteiger partial charge in [-0.2, -0.15) is 5.10 Å². The molecule has 120 valence electrons. The van der Waals surface area contributed by atoms with Crippen LogP contribution >= 0.6 is 11.6 Å². The van der Waals surface area contributed by atoms with Crippen LogP contribution in [-0.4, -0.2) is 25.7 Å². The average Bonchev–Trinajstić information content (AvgIpc) is 2.94. The lowest BCUT2D eigenvalue weighted by Gasteiger charge is -2.26. The number of aromatic nitrogens is 3. The molecule has 3 rings (SSSR count). The van der Waals surface area contributed by atoms with Gasteiger partial charge in [0.25, 0.3) is 0 Å². The predicted octanol–water partition coefficient (Wildman–Crippen LogP) is 4.03. The van der Waals surface area contributed by atoms with Crippen molar-refractivity contribution in [2.24, 2.45) is 7.05 Å². The van der Waals surface area contributed by atoms with E-state index in [0.29, 0.717) is 6.04 Å². The van der Waals surface area contributed by atoms with Gasteiger partial charge in [0, 0.05) is 60.1 Å². The summed E-state index contributed by atoms with van der Waals surface area (Å²) in [5.41, 5.74) is 3.27. The molecule has 0 N–H and O–H groups in total. The topological polar surface area (TPSA) is 34.0 Å². The third kappa shape index (κ3) is 3.54. The van der Waals surface area contributed by atoms with Crippen LogP contribution in [0.5, 0.6) is 0 Å². The van der Waals surface area contributed by atoms with Crippen LogP contribution in [0.4, 0.5) is 0 Å². The highest BCUT2D eigenvalue weighted by Crippen LogP contribution is 2.27. The molecule has 0 aliphatic heterocycles. The van der Waals surface area contributed by atoms with E-state index >= 15 is 0 Å². The van der Waals surface area contributed by atoms with Crippen LogP contribution in [0.3, 0.4) is 0 Å². The van der Waals surface area contributed by atoms with Crippen LogP contribution in [0, 0.1) is 0 Å². The van der Waals surface area contributed by atoms with E-state index in [2.05, 4.69) is 41.1 Å². The molecular formula is C18H21ClN4. The number of fused-ring (bicyclic) bond motifs is 1. The largest absolute Gasteiger partial charge is 0.292 e. The fourth-order valence-electron chi connectivity index (χ4n) is 2.74. The van der Waals surface area contributed by atoms with Crippen LogP contribution in [-0.2, 0) is 20.1 Å². The molecule has 0 aliphatic carbocycles. The van der Waals surface area contributed by atoms with Gasteiger partial charge < -0.3 is 0 Å².